The summed E-state index contributed by atoms with van der Waals surface area (Å²) >= 11 is 1.02. The number of amides is 3. The normalized spacial score (nSPS) is 18.8. The molecular weight excluding hydrogens is 318 g/mol. The van der Waals surface area contributed by atoms with Gasteiger partial charge in [-0.25, -0.2) is 0 Å². The van der Waals surface area contributed by atoms with Crippen LogP contribution in [0.1, 0.15) is 5.69 Å². The van der Waals surface area contributed by atoms with Crippen molar-refractivity contribution >= 4 is 39.8 Å². The Labute approximate surface area is 135 Å². The van der Waals surface area contributed by atoms with Gasteiger partial charge in [0.1, 0.15) is 5.69 Å². The summed E-state index contributed by atoms with van der Waals surface area (Å²) < 4.78 is 5.19. The number of likely N-dealkylation sites (tertiary alicyclic amines) is 1. The quantitative estimate of drug-likeness (QED) is 0.842. The second-order valence-corrected chi connectivity index (χ2v) is 6.50. The lowest BCUT2D eigenvalue weighted by molar-refractivity contribution is -0.141. The molecule has 0 atom stereocenters. The van der Waals surface area contributed by atoms with Crippen LogP contribution in [0.4, 0.5) is 4.79 Å². The van der Waals surface area contributed by atoms with Crippen LogP contribution in [0.25, 0.3) is 11.0 Å². The van der Waals surface area contributed by atoms with E-state index in [-0.39, 0.29) is 35.3 Å². The van der Waals surface area contributed by atoms with Crippen molar-refractivity contribution in [3.05, 3.63) is 30.0 Å². The minimum absolute atomic E-state index is 0.0768. The number of nitrogens with zero attached hydrogens (tertiary/aromatic N) is 3. The Hall–Kier alpha value is -2.35. The number of imide groups is 1. The van der Waals surface area contributed by atoms with E-state index in [2.05, 4.69) is 5.16 Å². The van der Waals surface area contributed by atoms with Crippen molar-refractivity contribution in [2.24, 2.45) is 0 Å². The molecule has 118 valence electrons. The average Bonchev–Trinajstić information content (AvgIpc) is 3.04. The number of carbonyl (C=O) groups is 3. The fourth-order valence-electron chi connectivity index (χ4n) is 2.86. The van der Waals surface area contributed by atoms with E-state index < -0.39 is 0 Å². The Balaban J connectivity index is 1.40. The van der Waals surface area contributed by atoms with Crippen molar-refractivity contribution in [1.29, 1.82) is 0 Å². The Morgan fingerprint density at radius 2 is 2.09 bits per heavy atom. The van der Waals surface area contributed by atoms with Gasteiger partial charge in [-0.2, -0.15) is 0 Å². The van der Waals surface area contributed by atoms with E-state index >= 15 is 0 Å². The maximum Gasteiger partial charge on any atom is 0.289 e. The van der Waals surface area contributed by atoms with Gasteiger partial charge in [0, 0.05) is 18.5 Å². The van der Waals surface area contributed by atoms with Gasteiger partial charge in [0.25, 0.3) is 5.24 Å². The Morgan fingerprint density at radius 1 is 1.30 bits per heavy atom. The highest BCUT2D eigenvalue weighted by atomic mass is 32.2. The highest BCUT2D eigenvalue weighted by molar-refractivity contribution is 8.14. The van der Waals surface area contributed by atoms with Crippen LogP contribution in [-0.4, -0.2) is 56.9 Å². The Kier molecular flexibility index (Phi) is 3.33. The largest absolute Gasteiger partial charge is 0.356 e. The molecule has 1 aromatic carbocycles. The molecule has 3 amide bonds. The van der Waals surface area contributed by atoms with Crippen molar-refractivity contribution in [1.82, 2.24) is 15.0 Å². The Morgan fingerprint density at radius 3 is 2.83 bits per heavy atom. The second kappa shape index (κ2) is 5.38. The summed E-state index contributed by atoms with van der Waals surface area (Å²) in [5.41, 5.74) is 1.26. The molecular formula is C15H13N3O4S. The topological polar surface area (TPSA) is 83.7 Å². The van der Waals surface area contributed by atoms with Crippen LogP contribution >= 0.6 is 11.8 Å². The number of para-hydroxylation sites is 1. The molecule has 2 fully saturated rings. The summed E-state index contributed by atoms with van der Waals surface area (Å²) in [6.45, 7) is 0.791. The van der Waals surface area contributed by atoms with Crippen molar-refractivity contribution in [2.45, 2.75) is 12.5 Å². The molecule has 4 rings (SSSR count). The van der Waals surface area contributed by atoms with Crippen molar-refractivity contribution in [2.75, 3.05) is 18.8 Å². The zero-order valence-corrected chi connectivity index (χ0v) is 12.9. The van der Waals surface area contributed by atoms with Crippen LogP contribution in [0, 0.1) is 0 Å². The van der Waals surface area contributed by atoms with Gasteiger partial charge in [0.15, 0.2) is 5.58 Å². The van der Waals surface area contributed by atoms with Gasteiger partial charge in [-0.15, -0.1) is 0 Å². The van der Waals surface area contributed by atoms with E-state index in [4.69, 9.17) is 4.52 Å². The van der Waals surface area contributed by atoms with Crippen LogP contribution in [0.3, 0.4) is 0 Å². The molecule has 2 aromatic rings. The van der Waals surface area contributed by atoms with Gasteiger partial charge < -0.3 is 9.42 Å². The van der Waals surface area contributed by atoms with Gasteiger partial charge in [0.05, 0.1) is 18.2 Å². The summed E-state index contributed by atoms with van der Waals surface area (Å²) in [5, 5.41) is 4.57. The zero-order chi connectivity index (χ0) is 16.0. The summed E-state index contributed by atoms with van der Waals surface area (Å²) in [4.78, 5) is 38.5. The number of rotatable bonds is 3. The summed E-state index contributed by atoms with van der Waals surface area (Å²) in [6.07, 6.45) is 0.153. The van der Waals surface area contributed by atoms with Gasteiger partial charge in [-0.1, -0.05) is 29.1 Å². The van der Waals surface area contributed by atoms with Gasteiger partial charge >= 0.3 is 0 Å². The zero-order valence-electron chi connectivity index (χ0n) is 12.1. The first-order chi connectivity index (χ1) is 11.1. The van der Waals surface area contributed by atoms with E-state index in [1.54, 1.807) is 11.0 Å². The van der Waals surface area contributed by atoms with Crippen LogP contribution in [0.2, 0.25) is 0 Å². The standard InChI is InChI=1S/C15H13N3O4S/c19-13(5-11-10-3-1-2-4-12(10)22-16-11)17-6-9(7-17)18-14(20)8-23-15(18)21/h1-4,9H,5-8H2. The lowest BCUT2D eigenvalue weighted by Crippen LogP contribution is -2.62. The third kappa shape index (κ3) is 2.39. The number of aromatic nitrogens is 1. The predicted octanol–water partition coefficient (Wildman–Crippen LogP) is 1.28. The summed E-state index contributed by atoms with van der Waals surface area (Å²) in [5.74, 6) is -0.0413. The average molecular weight is 331 g/mol. The smallest absolute Gasteiger partial charge is 0.289 e. The molecule has 8 heteroatoms. The number of benzene rings is 1. The third-order valence-electron chi connectivity index (χ3n) is 4.14. The maximum atomic E-state index is 12.3. The van der Waals surface area contributed by atoms with E-state index in [0.29, 0.717) is 24.4 Å². The van der Waals surface area contributed by atoms with Crippen molar-refractivity contribution < 1.29 is 18.9 Å². The third-order valence-corrected chi connectivity index (χ3v) is 4.97. The maximum absolute atomic E-state index is 12.3. The van der Waals surface area contributed by atoms with Crippen LogP contribution in [-0.2, 0) is 16.0 Å². The fourth-order valence-corrected chi connectivity index (χ4v) is 3.64. The number of fused-ring (bicyclic) bond motifs is 1. The first kappa shape index (κ1) is 14.3. The highest BCUT2D eigenvalue weighted by Crippen LogP contribution is 2.27. The predicted molar refractivity (Wildman–Crippen MR) is 82.8 cm³/mol. The lowest BCUT2D eigenvalue weighted by Gasteiger charge is -2.42. The molecule has 0 saturated carbocycles. The number of hydrogen-bond acceptors (Lipinski definition) is 6. The first-order valence-corrected chi connectivity index (χ1v) is 8.22. The van der Waals surface area contributed by atoms with E-state index in [9.17, 15) is 14.4 Å². The molecule has 0 bridgehead atoms. The molecule has 2 aliphatic heterocycles. The first-order valence-electron chi connectivity index (χ1n) is 7.23. The number of carbonyl (C=O) groups excluding carboxylic acids is 3. The van der Waals surface area contributed by atoms with E-state index in [0.717, 1.165) is 17.1 Å². The highest BCUT2D eigenvalue weighted by Gasteiger charge is 2.43. The van der Waals surface area contributed by atoms with Crippen LogP contribution in [0.5, 0.6) is 0 Å². The van der Waals surface area contributed by atoms with Gasteiger partial charge in [0.2, 0.25) is 11.8 Å². The van der Waals surface area contributed by atoms with Gasteiger partial charge in [-0.3, -0.25) is 19.3 Å². The molecule has 1 aromatic heterocycles. The molecule has 0 unspecified atom stereocenters. The number of hydrogen-bond donors (Lipinski definition) is 0. The molecule has 3 heterocycles. The molecule has 2 aliphatic rings. The molecule has 23 heavy (non-hydrogen) atoms. The van der Waals surface area contributed by atoms with E-state index in [1.165, 1.54) is 4.90 Å². The SMILES string of the molecule is O=C(Cc1noc2ccccc12)N1CC(N2C(=O)CSC2=O)C1. The van der Waals surface area contributed by atoms with Crippen LogP contribution < -0.4 is 0 Å². The molecule has 7 nitrogen and oxygen atoms in total. The monoisotopic (exact) mass is 331 g/mol. The second-order valence-electron chi connectivity index (χ2n) is 5.57. The van der Waals surface area contributed by atoms with Crippen LogP contribution in [0.15, 0.2) is 28.8 Å². The van der Waals surface area contributed by atoms with Gasteiger partial charge in [-0.05, 0) is 12.1 Å². The fraction of sp³-hybridized carbons (Fsp3) is 0.333. The van der Waals surface area contributed by atoms with E-state index in [1.807, 2.05) is 18.2 Å². The molecule has 0 N–H and O–H groups in total. The van der Waals surface area contributed by atoms with Crippen molar-refractivity contribution in [3.63, 3.8) is 0 Å². The molecule has 0 radical (unpaired) electrons. The minimum Gasteiger partial charge on any atom is -0.356 e. The summed E-state index contributed by atoms with van der Waals surface area (Å²) in [6, 6.07) is 7.20. The molecule has 0 spiro atoms. The van der Waals surface area contributed by atoms with Crippen molar-refractivity contribution in [3.8, 4) is 0 Å². The minimum atomic E-state index is -0.213. The molecule has 2 saturated heterocycles. The molecule has 0 aliphatic carbocycles. The summed E-state index contributed by atoms with van der Waals surface area (Å²) in [7, 11) is 0. The Bertz CT molecular complexity index is 796. The number of thioether (sulfide) groups is 1. The lowest BCUT2D eigenvalue weighted by atomic mass is 10.1.